The van der Waals surface area contributed by atoms with Crippen LogP contribution in [0.1, 0.15) is 24.2 Å². The molecule has 2 fully saturated rings. The summed E-state index contributed by atoms with van der Waals surface area (Å²) < 4.78 is 4.92. The lowest BCUT2D eigenvalue weighted by molar-refractivity contribution is 0.169. The van der Waals surface area contributed by atoms with Crippen LogP contribution in [0.5, 0.6) is 0 Å². The summed E-state index contributed by atoms with van der Waals surface area (Å²) in [5, 5.41) is 10.9. The molecule has 29 heavy (non-hydrogen) atoms. The van der Waals surface area contributed by atoms with E-state index in [0.717, 1.165) is 70.4 Å². The summed E-state index contributed by atoms with van der Waals surface area (Å²) in [5.74, 6) is 0.982. The Morgan fingerprint density at radius 2 is 1.97 bits per heavy atom. The summed E-state index contributed by atoms with van der Waals surface area (Å²) in [5.41, 5.74) is 2.17. The minimum atomic E-state index is 0. The number of anilines is 1. The molecule has 0 amide bonds. The second-order valence-electron chi connectivity index (χ2n) is 7.29. The molecule has 2 aromatic rings. The van der Waals surface area contributed by atoms with Crippen molar-refractivity contribution in [3.8, 4) is 0 Å². The van der Waals surface area contributed by atoms with E-state index >= 15 is 0 Å². The van der Waals surface area contributed by atoms with Gasteiger partial charge in [-0.05, 0) is 12.8 Å². The number of rotatable bonds is 6. The highest BCUT2D eigenvalue weighted by Crippen LogP contribution is 2.24. The van der Waals surface area contributed by atoms with Gasteiger partial charge in [0.2, 0.25) is 0 Å². The van der Waals surface area contributed by atoms with Crippen LogP contribution in [0.4, 0.5) is 5.13 Å². The number of hydrogen-bond donors (Lipinski definition) is 1. The van der Waals surface area contributed by atoms with Crippen LogP contribution in [0.15, 0.2) is 27.2 Å². The Balaban J connectivity index is 0.00000240. The van der Waals surface area contributed by atoms with E-state index in [9.17, 15) is 0 Å². The van der Waals surface area contributed by atoms with E-state index in [1.807, 2.05) is 13.1 Å². The van der Waals surface area contributed by atoms with Gasteiger partial charge in [0.1, 0.15) is 6.26 Å². The molecule has 0 spiro atoms. The smallest absolute Gasteiger partial charge is 0.193 e. The summed E-state index contributed by atoms with van der Waals surface area (Å²) >= 11 is 1.77. The van der Waals surface area contributed by atoms with Gasteiger partial charge in [-0.1, -0.05) is 5.16 Å². The minimum absolute atomic E-state index is 0. The first-order valence-electron chi connectivity index (χ1n) is 10.1. The van der Waals surface area contributed by atoms with Crippen molar-refractivity contribution in [3.05, 3.63) is 29.1 Å². The number of aromatic nitrogens is 2. The van der Waals surface area contributed by atoms with Crippen molar-refractivity contribution in [2.45, 2.75) is 25.8 Å². The average molecular weight is 531 g/mol. The second kappa shape index (κ2) is 11.1. The van der Waals surface area contributed by atoms with E-state index in [1.54, 1.807) is 17.6 Å². The van der Waals surface area contributed by atoms with Gasteiger partial charge >= 0.3 is 0 Å². The van der Waals surface area contributed by atoms with Crippen LogP contribution in [0.3, 0.4) is 0 Å². The lowest BCUT2D eigenvalue weighted by Gasteiger charge is -2.36. The number of guanidine groups is 1. The van der Waals surface area contributed by atoms with Gasteiger partial charge in [0, 0.05) is 77.3 Å². The maximum absolute atomic E-state index is 4.92. The molecule has 0 atom stereocenters. The molecule has 8 nitrogen and oxygen atoms in total. The van der Waals surface area contributed by atoms with Crippen LogP contribution >= 0.6 is 35.3 Å². The predicted octanol–water partition coefficient (Wildman–Crippen LogP) is 2.29. The molecule has 2 aliphatic rings. The first-order chi connectivity index (χ1) is 13.8. The first-order valence-corrected chi connectivity index (χ1v) is 11.0. The highest BCUT2D eigenvalue weighted by Gasteiger charge is 2.20. The van der Waals surface area contributed by atoms with E-state index in [4.69, 9.17) is 9.51 Å². The van der Waals surface area contributed by atoms with E-state index in [0.29, 0.717) is 0 Å². The van der Waals surface area contributed by atoms with Crippen LogP contribution in [0, 0.1) is 0 Å². The molecule has 0 saturated carbocycles. The molecule has 2 aliphatic heterocycles. The van der Waals surface area contributed by atoms with Crippen molar-refractivity contribution >= 4 is 46.4 Å². The number of hydrogen-bond acceptors (Lipinski definition) is 7. The van der Waals surface area contributed by atoms with Crippen LogP contribution in [0.2, 0.25) is 0 Å². The Bertz CT molecular complexity index is 752. The molecular weight excluding hydrogens is 501 g/mol. The third kappa shape index (κ3) is 6.05. The number of nitrogens with one attached hydrogen (secondary N) is 1. The minimum Gasteiger partial charge on any atom is -0.364 e. The summed E-state index contributed by atoms with van der Waals surface area (Å²) in [4.78, 5) is 16.4. The molecule has 1 N–H and O–H groups in total. The zero-order valence-corrected chi connectivity index (χ0v) is 20.1. The molecular formula is C19H30IN7OS. The van der Waals surface area contributed by atoms with Crippen molar-refractivity contribution in [3.63, 3.8) is 0 Å². The molecule has 2 saturated heterocycles. The highest BCUT2D eigenvalue weighted by molar-refractivity contribution is 14.0. The predicted molar refractivity (Wildman–Crippen MR) is 127 cm³/mol. The van der Waals surface area contributed by atoms with Gasteiger partial charge in [-0.3, -0.25) is 9.89 Å². The topological polar surface area (TPSA) is 73.0 Å². The number of halogens is 1. The largest absolute Gasteiger partial charge is 0.364 e. The average Bonchev–Trinajstić information content (AvgIpc) is 3.48. The summed E-state index contributed by atoms with van der Waals surface area (Å²) in [7, 11) is 1.86. The van der Waals surface area contributed by atoms with Crippen molar-refractivity contribution in [2.75, 3.05) is 57.8 Å². The van der Waals surface area contributed by atoms with E-state index in [1.165, 1.54) is 23.7 Å². The van der Waals surface area contributed by atoms with E-state index < -0.39 is 0 Å². The Kier molecular flexibility index (Phi) is 8.54. The lowest BCUT2D eigenvalue weighted by Crippen LogP contribution is -2.52. The molecule has 0 aliphatic carbocycles. The first kappa shape index (κ1) is 22.3. The third-order valence-corrected chi connectivity index (χ3v) is 6.29. The Hall–Kier alpha value is -1.40. The third-order valence-electron chi connectivity index (χ3n) is 5.34. The molecule has 0 aromatic carbocycles. The normalized spacial score (nSPS) is 18.2. The van der Waals surface area contributed by atoms with Crippen molar-refractivity contribution < 1.29 is 4.52 Å². The number of nitrogens with zero attached hydrogens (tertiary/aromatic N) is 6. The fourth-order valence-electron chi connectivity index (χ4n) is 3.77. The van der Waals surface area contributed by atoms with Gasteiger partial charge in [-0.25, -0.2) is 4.98 Å². The van der Waals surface area contributed by atoms with Crippen molar-refractivity contribution in [2.24, 2.45) is 4.99 Å². The number of thiazole rings is 1. The van der Waals surface area contributed by atoms with Gasteiger partial charge in [0.15, 0.2) is 11.1 Å². The fraction of sp³-hybridized carbons (Fsp3) is 0.632. The van der Waals surface area contributed by atoms with Gasteiger partial charge in [-0.2, -0.15) is 0 Å². The summed E-state index contributed by atoms with van der Waals surface area (Å²) in [6.07, 6.45) is 5.14. The van der Waals surface area contributed by atoms with E-state index in [-0.39, 0.29) is 24.0 Å². The Labute approximate surface area is 193 Å². The van der Waals surface area contributed by atoms with E-state index in [2.05, 4.69) is 35.5 Å². The maximum Gasteiger partial charge on any atom is 0.193 e. The van der Waals surface area contributed by atoms with Crippen molar-refractivity contribution in [1.29, 1.82) is 0 Å². The van der Waals surface area contributed by atoms with Gasteiger partial charge in [-0.15, -0.1) is 35.3 Å². The monoisotopic (exact) mass is 531 g/mol. The molecule has 0 unspecified atom stereocenters. The molecule has 2 aromatic heterocycles. The number of piperazine rings is 1. The highest BCUT2D eigenvalue weighted by atomic mass is 127. The van der Waals surface area contributed by atoms with Gasteiger partial charge < -0.3 is 19.6 Å². The van der Waals surface area contributed by atoms with Crippen LogP contribution in [-0.2, 0) is 13.0 Å². The SMILES string of the molecule is CN=C(NCCc1csc(N2CCCC2)n1)N1CCN(Cc2ccon2)CC1.I. The quantitative estimate of drug-likeness (QED) is 0.349. The van der Waals surface area contributed by atoms with Gasteiger partial charge in [0.25, 0.3) is 0 Å². The second-order valence-corrected chi connectivity index (χ2v) is 8.13. The van der Waals surface area contributed by atoms with Crippen molar-refractivity contribution in [1.82, 2.24) is 25.3 Å². The Morgan fingerprint density at radius 1 is 1.17 bits per heavy atom. The molecule has 160 valence electrons. The fourth-order valence-corrected chi connectivity index (χ4v) is 4.68. The zero-order chi connectivity index (χ0) is 19.2. The zero-order valence-electron chi connectivity index (χ0n) is 16.9. The Morgan fingerprint density at radius 3 is 2.66 bits per heavy atom. The van der Waals surface area contributed by atoms with Crippen LogP contribution in [-0.4, -0.2) is 78.8 Å². The number of aliphatic imine (C=N–C) groups is 1. The standard InChI is InChI=1S/C19H29N7OS.HI/c1-20-18(25-11-9-24(10-12-25)14-16-5-13-27-23-16)21-6-4-17-15-28-19(22-17)26-7-2-3-8-26;/h5,13,15H,2-4,6-12,14H2,1H3,(H,20,21);1H. The molecule has 0 bridgehead atoms. The maximum atomic E-state index is 4.92. The van der Waals surface area contributed by atoms with Crippen LogP contribution < -0.4 is 10.2 Å². The van der Waals surface area contributed by atoms with Gasteiger partial charge in [0.05, 0.1) is 11.4 Å². The summed E-state index contributed by atoms with van der Waals surface area (Å²) in [6.45, 7) is 7.94. The molecule has 4 rings (SSSR count). The lowest BCUT2D eigenvalue weighted by atomic mass is 10.3. The molecule has 4 heterocycles. The summed E-state index contributed by atoms with van der Waals surface area (Å²) in [6, 6.07) is 1.93. The van der Waals surface area contributed by atoms with Crippen LogP contribution in [0.25, 0.3) is 0 Å². The molecule has 10 heteroatoms. The molecule has 0 radical (unpaired) electrons.